The van der Waals surface area contributed by atoms with Gasteiger partial charge in [0.25, 0.3) is 0 Å². The summed E-state index contributed by atoms with van der Waals surface area (Å²) in [5.41, 5.74) is 0. The first kappa shape index (κ1) is 16.6. The van der Waals surface area contributed by atoms with Crippen molar-refractivity contribution in [3.63, 3.8) is 0 Å². The van der Waals surface area contributed by atoms with Crippen molar-refractivity contribution in [2.45, 2.75) is 31.3 Å². The zero-order valence-corrected chi connectivity index (χ0v) is 16.5. The van der Waals surface area contributed by atoms with Crippen LogP contribution >= 0.6 is 54.5 Å². The van der Waals surface area contributed by atoms with E-state index in [-0.39, 0.29) is 6.04 Å². The fourth-order valence-corrected chi connectivity index (χ4v) is 6.15. The van der Waals surface area contributed by atoms with E-state index in [0.717, 1.165) is 33.4 Å². The minimum Gasteiger partial charge on any atom is -0.480 e. The summed E-state index contributed by atoms with van der Waals surface area (Å²) in [6.07, 6.45) is 2.77. The fraction of sp³-hybridized carbons (Fsp3) is 0.400. The van der Waals surface area contributed by atoms with Gasteiger partial charge in [-0.05, 0) is 75.5 Å². The summed E-state index contributed by atoms with van der Waals surface area (Å²) in [6.45, 7) is 0.826. The predicted molar refractivity (Wildman–Crippen MR) is 97.9 cm³/mol. The minimum absolute atomic E-state index is 0.0222. The van der Waals surface area contributed by atoms with Gasteiger partial charge in [0, 0.05) is 9.75 Å². The Morgan fingerprint density at radius 1 is 1.14 bits per heavy atom. The molecule has 7 heteroatoms. The lowest BCUT2D eigenvalue weighted by atomic mass is 9.98. The van der Waals surface area contributed by atoms with E-state index < -0.39 is 12.0 Å². The molecule has 0 spiro atoms. The van der Waals surface area contributed by atoms with Gasteiger partial charge in [-0.1, -0.05) is 6.42 Å². The molecule has 0 aromatic carbocycles. The summed E-state index contributed by atoms with van der Waals surface area (Å²) in [6, 6.07) is 7.89. The molecule has 1 saturated heterocycles. The maximum Gasteiger partial charge on any atom is 0.320 e. The van der Waals surface area contributed by atoms with Gasteiger partial charge in [-0.25, -0.2) is 0 Å². The SMILES string of the molecule is O=C(O)C1CCCCN1C(c1ccc(Br)s1)c1ccc(Br)s1. The highest BCUT2D eigenvalue weighted by atomic mass is 79.9. The quantitative estimate of drug-likeness (QED) is 0.661. The normalized spacial score (nSPS) is 19.7. The van der Waals surface area contributed by atoms with Gasteiger partial charge in [-0.2, -0.15) is 0 Å². The second-order valence-corrected chi connectivity index (χ2v) is 10.3. The second-order valence-electron chi connectivity index (χ2n) is 5.27. The maximum atomic E-state index is 11.7. The highest BCUT2D eigenvalue weighted by molar-refractivity contribution is 9.11. The zero-order chi connectivity index (χ0) is 15.7. The van der Waals surface area contributed by atoms with E-state index in [2.05, 4.69) is 48.9 Å². The molecule has 1 N–H and O–H groups in total. The Kier molecular flexibility index (Phi) is 5.39. The summed E-state index contributed by atoms with van der Waals surface area (Å²) in [4.78, 5) is 16.2. The Morgan fingerprint density at radius 3 is 2.18 bits per heavy atom. The van der Waals surface area contributed by atoms with Crippen LogP contribution in [0, 0.1) is 0 Å². The van der Waals surface area contributed by atoms with Gasteiger partial charge in [-0.3, -0.25) is 9.69 Å². The third-order valence-electron chi connectivity index (χ3n) is 3.89. The molecular formula is C15H15Br2NO2S2. The first-order valence-electron chi connectivity index (χ1n) is 7.05. The number of hydrogen-bond donors (Lipinski definition) is 1. The van der Waals surface area contributed by atoms with Gasteiger partial charge < -0.3 is 5.11 Å². The van der Waals surface area contributed by atoms with E-state index in [1.54, 1.807) is 22.7 Å². The van der Waals surface area contributed by atoms with Crippen LogP contribution in [0.5, 0.6) is 0 Å². The van der Waals surface area contributed by atoms with Crippen LogP contribution < -0.4 is 0 Å². The molecule has 1 fully saturated rings. The van der Waals surface area contributed by atoms with Crippen molar-refractivity contribution in [1.82, 2.24) is 4.90 Å². The Hall–Kier alpha value is -0.210. The smallest absolute Gasteiger partial charge is 0.320 e. The van der Waals surface area contributed by atoms with Crippen molar-refractivity contribution < 1.29 is 9.90 Å². The topological polar surface area (TPSA) is 40.5 Å². The molecule has 0 bridgehead atoms. The molecule has 1 aliphatic rings. The van der Waals surface area contributed by atoms with Gasteiger partial charge in [0.05, 0.1) is 13.6 Å². The van der Waals surface area contributed by atoms with Gasteiger partial charge in [-0.15, -0.1) is 22.7 Å². The lowest BCUT2D eigenvalue weighted by molar-refractivity contribution is -0.145. The Labute approximate surface area is 154 Å². The third kappa shape index (κ3) is 3.48. The standard InChI is InChI=1S/C15H15Br2NO2S2/c16-12-6-4-10(21-12)14(11-5-7-13(17)22-11)18-8-2-1-3-9(18)15(19)20/h4-7,9,14H,1-3,8H2,(H,19,20). The van der Waals surface area contributed by atoms with Crippen LogP contribution in [0.4, 0.5) is 0 Å². The number of aliphatic carboxylic acids is 1. The summed E-state index contributed by atoms with van der Waals surface area (Å²) in [5, 5.41) is 9.61. The molecular weight excluding hydrogens is 450 g/mol. The average molecular weight is 465 g/mol. The highest BCUT2D eigenvalue weighted by Gasteiger charge is 2.36. The van der Waals surface area contributed by atoms with E-state index in [0.29, 0.717) is 0 Å². The molecule has 1 aliphatic heterocycles. The number of carboxylic acid groups (broad SMARTS) is 1. The van der Waals surface area contributed by atoms with E-state index >= 15 is 0 Å². The van der Waals surface area contributed by atoms with Gasteiger partial charge in [0.15, 0.2) is 0 Å². The number of piperidine rings is 1. The van der Waals surface area contributed by atoms with Gasteiger partial charge in [0.1, 0.15) is 6.04 Å². The van der Waals surface area contributed by atoms with Crippen LogP contribution in [0.3, 0.4) is 0 Å². The molecule has 3 nitrogen and oxygen atoms in total. The Bertz CT molecular complexity index is 630. The van der Waals surface area contributed by atoms with E-state index in [4.69, 9.17) is 0 Å². The van der Waals surface area contributed by atoms with Crippen LogP contribution in [0.15, 0.2) is 31.8 Å². The lowest BCUT2D eigenvalue weighted by Gasteiger charge is -2.38. The molecule has 3 rings (SSSR count). The molecule has 22 heavy (non-hydrogen) atoms. The third-order valence-corrected chi connectivity index (χ3v) is 7.24. The van der Waals surface area contributed by atoms with E-state index in [1.807, 2.05) is 12.1 Å². The molecule has 0 amide bonds. The minimum atomic E-state index is -0.712. The Balaban J connectivity index is 2.02. The van der Waals surface area contributed by atoms with Gasteiger partial charge in [0.2, 0.25) is 0 Å². The van der Waals surface area contributed by atoms with E-state index in [9.17, 15) is 9.90 Å². The monoisotopic (exact) mass is 463 g/mol. The number of hydrogen-bond acceptors (Lipinski definition) is 4. The number of carbonyl (C=O) groups is 1. The number of halogens is 2. The molecule has 2 aromatic heterocycles. The highest BCUT2D eigenvalue weighted by Crippen LogP contribution is 2.41. The first-order valence-corrected chi connectivity index (χ1v) is 10.3. The van der Waals surface area contributed by atoms with Crippen molar-refractivity contribution in [1.29, 1.82) is 0 Å². The summed E-state index contributed by atoms with van der Waals surface area (Å²) in [5.74, 6) is -0.712. The zero-order valence-electron chi connectivity index (χ0n) is 11.7. The van der Waals surface area contributed by atoms with Crippen molar-refractivity contribution in [2.75, 3.05) is 6.54 Å². The number of likely N-dealkylation sites (tertiary alicyclic amines) is 1. The molecule has 3 heterocycles. The summed E-state index contributed by atoms with van der Waals surface area (Å²) in [7, 11) is 0. The number of thiophene rings is 2. The number of rotatable bonds is 4. The number of nitrogens with zero attached hydrogens (tertiary/aromatic N) is 1. The molecule has 0 saturated carbocycles. The second kappa shape index (κ2) is 7.13. The Morgan fingerprint density at radius 2 is 1.73 bits per heavy atom. The summed E-state index contributed by atoms with van der Waals surface area (Å²) < 4.78 is 2.15. The lowest BCUT2D eigenvalue weighted by Crippen LogP contribution is -2.46. The van der Waals surface area contributed by atoms with Crippen LogP contribution in [-0.2, 0) is 4.79 Å². The number of carboxylic acids is 1. The molecule has 1 atom stereocenters. The van der Waals surface area contributed by atoms with Gasteiger partial charge >= 0.3 is 5.97 Å². The summed E-state index contributed by atoms with van der Waals surface area (Å²) >= 11 is 10.4. The molecule has 2 aromatic rings. The first-order chi connectivity index (χ1) is 10.6. The van der Waals surface area contributed by atoms with Crippen molar-refractivity contribution in [3.8, 4) is 0 Å². The largest absolute Gasteiger partial charge is 0.480 e. The average Bonchev–Trinajstić information content (AvgIpc) is 3.09. The molecule has 1 unspecified atom stereocenters. The predicted octanol–water partition coefficient (Wildman–Crippen LogP) is 5.36. The van der Waals surface area contributed by atoms with Crippen LogP contribution in [-0.4, -0.2) is 28.6 Å². The van der Waals surface area contributed by atoms with Crippen molar-refractivity contribution >= 4 is 60.5 Å². The van der Waals surface area contributed by atoms with Crippen molar-refractivity contribution in [2.24, 2.45) is 0 Å². The maximum absolute atomic E-state index is 11.7. The van der Waals surface area contributed by atoms with Crippen LogP contribution in [0.25, 0.3) is 0 Å². The molecule has 118 valence electrons. The molecule has 0 radical (unpaired) electrons. The fourth-order valence-electron chi connectivity index (χ4n) is 2.95. The van der Waals surface area contributed by atoms with E-state index in [1.165, 1.54) is 9.75 Å². The van der Waals surface area contributed by atoms with Crippen LogP contribution in [0.2, 0.25) is 0 Å². The van der Waals surface area contributed by atoms with Crippen LogP contribution in [0.1, 0.15) is 35.1 Å². The molecule has 0 aliphatic carbocycles. The van der Waals surface area contributed by atoms with Crippen molar-refractivity contribution in [3.05, 3.63) is 41.6 Å².